The van der Waals surface area contributed by atoms with E-state index in [-0.39, 0.29) is 11.7 Å². The van der Waals surface area contributed by atoms with Gasteiger partial charge in [0.25, 0.3) is 0 Å². The molecule has 0 aliphatic heterocycles. The number of aryl methyl sites for hydroxylation is 1. The Bertz CT molecular complexity index is 1520. The monoisotopic (exact) mass is 439 g/mol. The first-order valence-electron chi connectivity index (χ1n) is 11.8. The van der Waals surface area contributed by atoms with Gasteiger partial charge in [-0.2, -0.15) is 0 Å². The van der Waals surface area contributed by atoms with Crippen molar-refractivity contribution in [3.8, 4) is 11.3 Å². The van der Waals surface area contributed by atoms with E-state index in [0.717, 1.165) is 50.4 Å². The lowest BCUT2D eigenvalue weighted by Gasteiger charge is -2.11. The van der Waals surface area contributed by atoms with Gasteiger partial charge in [0.2, 0.25) is 0 Å². The van der Waals surface area contributed by atoms with Crippen LogP contribution in [0.15, 0.2) is 53.1 Å². The van der Waals surface area contributed by atoms with Crippen LogP contribution in [0.1, 0.15) is 55.9 Å². The van der Waals surface area contributed by atoms with Crippen molar-refractivity contribution in [3.63, 3.8) is 0 Å². The first-order chi connectivity index (χ1) is 15.7. The zero-order valence-corrected chi connectivity index (χ0v) is 20.2. The second kappa shape index (κ2) is 7.98. The van der Waals surface area contributed by atoms with Crippen molar-refractivity contribution in [1.29, 1.82) is 0 Å². The third kappa shape index (κ3) is 3.60. The van der Waals surface area contributed by atoms with Crippen molar-refractivity contribution in [2.75, 3.05) is 0 Å². The van der Waals surface area contributed by atoms with Crippen LogP contribution >= 0.6 is 0 Å². The van der Waals surface area contributed by atoms with Crippen LogP contribution in [0.4, 0.5) is 4.39 Å². The highest BCUT2D eigenvalue weighted by atomic mass is 19.1. The van der Waals surface area contributed by atoms with Crippen LogP contribution in [0.2, 0.25) is 0 Å². The Morgan fingerprint density at radius 2 is 1.64 bits per heavy atom. The van der Waals surface area contributed by atoms with Crippen molar-refractivity contribution in [1.82, 2.24) is 4.98 Å². The molecule has 2 heterocycles. The first-order valence-corrected chi connectivity index (χ1v) is 11.8. The Balaban J connectivity index is 1.81. The minimum atomic E-state index is -0.264. The molecule has 0 N–H and O–H groups in total. The second-order valence-electron chi connectivity index (χ2n) is 10.0. The molecular formula is C30H30FNO. The fourth-order valence-electron chi connectivity index (χ4n) is 5.05. The number of halogens is 1. The molecule has 2 nitrogen and oxygen atoms in total. The lowest BCUT2D eigenvalue weighted by molar-refractivity contribution is 0.575. The van der Waals surface area contributed by atoms with Gasteiger partial charge in [0.1, 0.15) is 5.58 Å². The normalized spacial score (nSPS) is 12.2. The van der Waals surface area contributed by atoms with Crippen molar-refractivity contribution in [2.45, 2.75) is 53.9 Å². The van der Waals surface area contributed by atoms with Gasteiger partial charge in [0.15, 0.2) is 11.4 Å². The minimum Gasteiger partial charge on any atom is -0.452 e. The largest absolute Gasteiger partial charge is 0.452 e. The van der Waals surface area contributed by atoms with Gasteiger partial charge in [-0.1, -0.05) is 45.9 Å². The SMILES string of the molecule is Cc1cc(-c2nccc3cc(CC(C)C)ccc23)c2oc3c(F)c(C)c(C(C)C)cc3c2c1. The zero-order chi connectivity index (χ0) is 23.4. The van der Waals surface area contributed by atoms with Crippen molar-refractivity contribution in [3.05, 3.63) is 76.7 Å². The summed E-state index contributed by atoms with van der Waals surface area (Å²) in [6.07, 6.45) is 2.90. The molecule has 0 atom stereocenters. The summed E-state index contributed by atoms with van der Waals surface area (Å²) in [5.41, 5.74) is 6.92. The van der Waals surface area contributed by atoms with Crippen LogP contribution in [-0.2, 0) is 6.42 Å². The smallest absolute Gasteiger partial charge is 0.171 e. The molecule has 168 valence electrons. The first kappa shape index (κ1) is 21.6. The Hall–Kier alpha value is -3.20. The molecule has 0 spiro atoms. The summed E-state index contributed by atoms with van der Waals surface area (Å²) in [7, 11) is 0. The van der Waals surface area contributed by atoms with Crippen LogP contribution in [0.3, 0.4) is 0 Å². The van der Waals surface area contributed by atoms with E-state index >= 15 is 4.39 Å². The Labute approximate surface area is 194 Å². The highest BCUT2D eigenvalue weighted by Gasteiger charge is 2.21. The van der Waals surface area contributed by atoms with E-state index < -0.39 is 0 Å². The Morgan fingerprint density at radius 3 is 2.36 bits per heavy atom. The van der Waals surface area contributed by atoms with Gasteiger partial charge in [-0.25, -0.2) is 4.39 Å². The summed E-state index contributed by atoms with van der Waals surface area (Å²) in [6.45, 7) is 12.6. The van der Waals surface area contributed by atoms with Crippen LogP contribution in [0.5, 0.6) is 0 Å². The van der Waals surface area contributed by atoms with Crippen LogP contribution in [0, 0.1) is 25.6 Å². The van der Waals surface area contributed by atoms with E-state index in [4.69, 9.17) is 9.40 Å². The van der Waals surface area contributed by atoms with E-state index in [1.807, 2.05) is 13.1 Å². The summed E-state index contributed by atoms with van der Waals surface area (Å²) in [5, 5.41) is 4.02. The molecule has 0 aliphatic carbocycles. The van der Waals surface area contributed by atoms with E-state index in [9.17, 15) is 0 Å². The van der Waals surface area contributed by atoms with Gasteiger partial charge in [0, 0.05) is 27.9 Å². The molecule has 0 aliphatic rings. The molecule has 3 aromatic carbocycles. The van der Waals surface area contributed by atoms with Crippen LogP contribution in [-0.4, -0.2) is 4.98 Å². The van der Waals surface area contributed by atoms with Crippen LogP contribution in [0.25, 0.3) is 44.0 Å². The van der Waals surface area contributed by atoms with Crippen molar-refractivity contribution >= 4 is 32.7 Å². The molecule has 0 fully saturated rings. The summed E-state index contributed by atoms with van der Waals surface area (Å²) in [4.78, 5) is 4.76. The molecule has 0 saturated carbocycles. The van der Waals surface area contributed by atoms with Gasteiger partial charge in [-0.15, -0.1) is 0 Å². The molecule has 0 saturated heterocycles. The van der Waals surface area contributed by atoms with Crippen LogP contribution < -0.4 is 0 Å². The number of hydrogen-bond donors (Lipinski definition) is 0. The third-order valence-electron chi connectivity index (χ3n) is 6.58. The molecular weight excluding hydrogens is 409 g/mol. The quantitative estimate of drug-likeness (QED) is 0.279. The number of furan rings is 1. The topological polar surface area (TPSA) is 26.0 Å². The Kier molecular flexibility index (Phi) is 5.23. The molecule has 0 amide bonds. The summed E-state index contributed by atoms with van der Waals surface area (Å²) < 4.78 is 21.6. The van der Waals surface area contributed by atoms with Crippen molar-refractivity contribution < 1.29 is 8.81 Å². The molecule has 2 aromatic heterocycles. The number of fused-ring (bicyclic) bond motifs is 4. The number of aromatic nitrogens is 1. The highest BCUT2D eigenvalue weighted by molar-refractivity contribution is 6.12. The van der Waals surface area contributed by atoms with Gasteiger partial charge in [0.05, 0.1) is 5.69 Å². The minimum absolute atomic E-state index is 0.234. The average Bonchev–Trinajstić information content (AvgIpc) is 3.13. The van der Waals surface area contributed by atoms with Gasteiger partial charge < -0.3 is 4.42 Å². The Morgan fingerprint density at radius 1 is 0.879 bits per heavy atom. The zero-order valence-electron chi connectivity index (χ0n) is 20.2. The molecule has 33 heavy (non-hydrogen) atoms. The number of hydrogen-bond acceptors (Lipinski definition) is 2. The summed E-state index contributed by atoms with van der Waals surface area (Å²) in [6, 6.07) is 15.0. The molecule has 5 aromatic rings. The lowest BCUT2D eigenvalue weighted by atomic mass is 9.94. The lowest BCUT2D eigenvalue weighted by Crippen LogP contribution is -1.95. The fourth-order valence-corrected chi connectivity index (χ4v) is 5.05. The predicted octanol–water partition coefficient (Wildman–Crippen LogP) is 8.88. The predicted molar refractivity (Wildman–Crippen MR) is 137 cm³/mol. The van der Waals surface area contributed by atoms with E-state index in [1.165, 1.54) is 5.56 Å². The number of pyridine rings is 1. The van der Waals surface area contributed by atoms with E-state index in [2.05, 4.69) is 77.1 Å². The third-order valence-corrected chi connectivity index (χ3v) is 6.58. The number of nitrogens with zero attached hydrogens (tertiary/aromatic N) is 1. The summed E-state index contributed by atoms with van der Waals surface area (Å²) >= 11 is 0. The van der Waals surface area contributed by atoms with Gasteiger partial charge in [-0.05, 0) is 84.0 Å². The fraction of sp³-hybridized carbons (Fsp3) is 0.300. The van der Waals surface area contributed by atoms with Gasteiger partial charge in [-0.3, -0.25) is 4.98 Å². The van der Waals surface area contributed by atoms with Crippen molar-refractivity contribution in [2.24, 2.45) is 5.92 Å². The molecule has 0 bridgehead atoms. The van der Waals surface area contributed by atoms with Gasteiger partial charge >= 0.3 is 0 Å². The highest BCUT2D eigenvalue weighted by Crippen LogP contribution is 2.41. The van der Waals surface area contributed by atoms with E-state index in [0.29, 0.717) is 22.6 Å². The maximum atomic E-state index is 15.4. The second-order valence-corrected chi connectivity index (χ2v) is 10.0. The summed E-state index contributed by atoms with van der Waals surface area (Å²) in [5.74, 6) is 0.572. The number of rotatable bonds is 4. The average molecular weight is 440 g/mol. The standard InChI is InChI=1S/C30H30FNO/c1-16(2)11-20-7-8-22-21(14-20)9-10-32-28(22)26-13-18(5)12-24-25-15-23(17(3)4)19(6)27(31)30(25)33-29(24)26/h7-10,12-17H,11H2,1-6H3. The molecule has 3 heteroatoms. The maximum absolute atomic E-state index is 15.4. The molecule has 0 unspecified atom stereocenters. The van der Waals surface area contributed by atoms with E-state index in [1.54, 1.807) is 0 Å². The molecule has 5 rings (SSSR count). The maximum Gasteiger partial charge on any atom is 0.171 e. The number of benzene rings is 3. The molecule has 0 radical (unpaired) electrons.